The number of fused-ring (bicyclic) bond motifs is 1. The van der Waals surface area contributed by atoms with E-state index in [0.717, 1.165) is 36.6 Å². The lowest BCUT2D eigenvalue weighted by Gasteiger charge is -2.25. The van der Waals surface area contributed by atoms with Crippen molar-refractivity contribution < 1.29 is 9.59 Å². The molecule has 3 heterocycles. The molecule has 2 N–H and O–H groups in total. The van der Waals surface area contributed by atoms with Gasteiger partial charge in [0.1, 0.15) is 11.6 Å². The van der Waals surface area contributed by atoms with Gasteiger partial charge in [-0.15, -0.1) is 10.2 Å². The van der Waals surface area contributed by atoms with Crippen LogP contribution in [-0.4, -0.2) is 39.3 Å². The highest BCUT2D eigenvalue weighted by molar-refractivity contribution is 6.01. The zero-order chi connectivity index (χ0) is 18.1. The fourth-order valence-electron chi connectivity index (χ4n) is 3.64. The van der Waals surface area contributed by atoms with Crippen LogP contribution >= 0.6 is 0 Å². The van der Waals surface area contributed by atoms with Gasteiger partial charge in [-0.1, -0.05) is 12.1 Å². The highest BCUT2D eigenvalue weighted by atomic mass is 16.2. The summed E-state index contributed by atoms with van der Waals surface area (Å²) in [6, 6.07) is 7.19. The molecule has 4 rings (SSSR count). The fraction of sp³-hybridized carbons (Fsp3) is 0.444. The minimum absolute atomic E-state index is 0.0257. The molecule has 1 atom stereocenters. The molecule has 8 nitrogen and oxygen atoms in total. The monoisotopic (exact) mass is 354 g/mol. The molecule has 3 amide bonds. The number of benzene rings is 1. The van der Waals surface area contributed by atoms with E-state index in [4.69, 9.17) is 0 Å². The zero-order valence-electron chi connectivity index (χ0n) is 14.7. The first-order valence-corrected chi connectivity index (χ1v) is 8.97. The van der Waals surface area contributed by atoms with Gasteiger partial charge in [0.25, 0.3) is 0 Å². The summed E-state index contributed by atoms with van der Waals surface area (Å²) in [6.07, 6.45) is 3.04. The molecule has 0 radical (unpaired) electrons. The maximum absolute atomic E-state index is 12.5. The van der Waals surface area contributed by atoms with Gasteiger partial charge in [-0.25, -0.2) is 4.79 Å². The lowest BCUT2D eigenvalue weighted by atomic mass is 10.1. The molecule has 26 heavy (non-hydrogen) atoms. The Hall–Kier alpha value is -2.90. The van der Waals surface area contributed by atoms with Gasteiger partial charge >= 0.3 is 6.03 Å². The lowest BCUT2D eigenvalue weighted by molar-refractivity contribution is -0.117. The van der Waals surface area contributed by atoms with Crippen LogP contribution < -0.4 is 15.5 Å². The molecular weight excluding hydrogens is 332 g/mol. The number of nitrogens with one attached hydrogen (secondary N) is 2. The number of urea groups is 1. The second kappa shape index (κ2) is 6.78. The summed E-state index contributed by atoms with van der Waals surface area (Å²) >= 11 is 0. The van der Waals surface area contributed by atoms with Crippen LogP contribution in [-0.2, 0) is 17.8 Å². The summed E-state index contributed by atoms with van der Waals surface area (Å²) in [5, 5.41) is 14.2. The molecular formula is C18H22N6O2. The van der Waals surface area contributed by atoms with Crippen molar-refractivity contribution in [1.29, 1.82) is 0 Å². The Bertz CT molecular complexity index is 846. The smallest absolute Gasteiger partial charge is 0.319 e. The van der Waals surface area contributed by atoms with Crippen LogP contribution in [0.1, 0.15) is 30.9 Å². The van der Waals surface area contributed by atoms with E-state index in [1.165, 1.54) is 0 Å². The van der Waals surface area contributed by atoms with Crippen molar-refractivity contribution in [3.63, 3.8) is 0 Å². The summed E-state index contributed by atoms with van der Waals surface area (Å²) in [4.78, 5) is 26.3. The van der Waals surface area contributed by atoms with E-state index in [9.17, 15) is 9.59 Å². The average molecular weight is 354 g/mol. The minimum atomic E-state index is -0.261. The number of hydrogen-bond acceptors (Lipinski definition) is 4. The van der Waals surface area contributed by atoms with Crippen LogP contribution in [0.5, 0.6) is 0 Å². The molecule has 2 aromatic rings. The topological polar surface area (TPSA) is 92.2 Å². The number of carbonyl (C=O) groups excluding carboxylic acids is 2. The number of aryl methyl sites for hydroxylation is 2. The standard InChI is InChI=1S/C18H22N6O2/c1-12-21-22-16-9-8-13(11-24(12)16)19-18(26)20-14-5-2-3-6-15(14)23-10-4-7-17(23)25/h2-3,5-6,13H,4,7-11H2,1H3,(H2,19,20,26). The van der Waals surface area contributed by atoms with Gasteiger partial charge < -0.3 is 20.1 Å². The van der Waals surface area contributed by atoms with Gasteiger partial charge in [-0.2, -0.15) is 0 Å². The van der Waals surface area contributed by atoms with Crippen LogP contribution in [0.4, 0.5) is 16.2 Å². The Labute approximate surface area is 151 Å². The molecule has 1 fully saturated rings. The molecule has 1 unspecified atom stereocenters. The van der Waals surface area contributed by atoms with Gasteiger partial charge in [-0.3, -0.25) is 4.79 Å². The Balaban J connectivity index is 1.43. The zero-order valence-corrected chi connectivity index (χ0v) is 14.7. The molecule has 1 aromatic carbocycles. The predicted molar refractivity (Wildman–Crippen MR) is 97.1 cm³/mol. The predicted octanol–water partition coefficient (Wildman–Crippen LogP) is 1.85. The van der Waals surface area contributed by atoms with Gasteiger partial charge in [0, 0.05) is 32.0 Å². The second-order valence-corrected chi connectivity index (χ2v) is 6.77. The fourth-order valence-corrected chi connectivity index (χ4v) is 3.64. The molecule has 1 saturated heterocycles. The third kappa shape index (κ3) is 3.14. The highest BCUT2D eigenvalue weighted by Gasteiger charge is 2.25. The van der Waals surface area contributed by atoms with E-state index < -0.39 is 0 Å². The van der Waals surface area contributed by atoms with E-state index >= 15 is 0 Å². The van der Waals surface area contributed by atoms with E-state index in [1.807, 2.05) is 35.8 Å². The number of hydrogen-bond donors (Lipinski definition) is 2. The first kappa shape index (κ1) is 16.6. The summed E-state index contributed by atoms with van der Waals surface area (Å²) in [7, 11) is 0. The number of amides is 3. The van der Waals surface area contributed by atoms with Gasteiger partial charge in [0.2, 0.25) is 5.91 Å². The van der Waals surface area contributed by atoms with Crippen LogP contribution in [0, 0.1) is 6.92 Å². The Morgan fingerprint density at radius 2 is 2.08 bits per heavy atom. The molecule has 0 aliphatic carbocycles. The highest BCUT2D eigenvalue weighted by Crippen LogP contribution is 2.29. The maximum Gasteiger partial charge on any atom is 0.319 e. The third-order valence-corrected chi connectivity index (χ3v) is 4.98. The third-order valence-electron chi connectivity index (χ3n) is 4.98. The van der Waals surface area contributed by atoms with Crippen molar-refractivity contribution in [2.75, 3.05) is 16.8 Å². The number of aromatic nitrogens is 3. The Morgan fingerprint density at radius 1 is 1.23 bits per heavy atom. The first-order valence-electron chi connectivity index (χ1n) is 8.97. The molecule has 0 saturated carbocycles. The number of carbonyl (C=O) groups is 2. The molecule has 2 aliphatic rings. The van der Waals surface area contributed by atoms with Gasteiger partial charge in [0.15, 0.2) is 0 Å². The lowest BCUT2D eigenvalue weighted by Crippen LogP contribution is -2.43. The van der Waals surface area contributed by atoms with Crippen molar-refractivity contribution >= 4 is 23.3 Å². The first-order chi connectivity index (χ1) is 12.6. The summed E-state index contributed by atoms with van der Waals surface area (Å²) in [6.45, 7) is 3.29. The SMILES string of the molecule is Cc1nnc2n1CC(NC(=O)Nc1ccccc1N1CCCC1=O)CC2. The number of rotatable bonds is 3. The van der Waals surface area contributed by atoms with E-state index in [2.05, 4.69) is 20.8 Å². The second-order valence-electron chi connectivity index (χ2n) is 6.77. The molecule has 8 heteroatoms. The van der Waals surface area contributed by atoms with E-state index in [1.54, 1.807) is 4.90 Å². The molecule has 1 aromatic heterocycles. The number of nitrogens with zero attached hydrogens (tertiary/aromatic N) is 4. The molecule has 0 bridgehead atoms. The maximum atomic E-state index is 12.5. The van der Waals surface area contributed by atoms with E-state index in [0.29, 0.717) is 25.2 Å². The number of anilines is 2. The molecule has 136 valence electrons. The Morgan fingerprint density at radius 3 is 2.88 bits per heavy atom. The van der Waals surface area contributed by atoms with Crippen LogP contribution in [0.3, 0.4) is 0 Å². The quantitative estimate of drug-likeness (QED) is 0.880. The van der Waals surface area contributed by atoms with Crippen molar-refractivity contribution in [3.8, 4) is 0 Å². The van der Waals surface area contributed by atoms with Crippen molar-refractivity contribution in [2.24, 2.45) is 0 Å². The van der Waals surface area contributed by atoms with Crippen LogP contribution in [0.25, 0.3) is 0 Å². The van der Waals surface area contributed by atoms with Crippen molar-refractivity contribution in [3.05, 3.63) is 35.9 Å². The van der Waals surface area contributed by atoms with Crippen molar-refractivity contribution in [1.82, 2.24) is 20.1 Å². The minimum Gasteiger partial charge on any atom is -0.333 e. The Kier molecular flexibility index (Phi) is 4.32. The molecule has 2 aliphatic heterocycles. The van der Waals surface area contributed by atoms with Gasteiger partial charge in [0.05, 0.1) is 11.4 Å². The largest absolute Gasteiger partial charge is 0.333 e. The van der Waals surface area contributed by atoms with Crippen LogP contribution in [0.2, 0.25) is 0 Å². The number of para-hydroxylation sites is 2. The summed E-state index contributed by atoms with van der Waals surface area (Å²) in [5.41, 5.74) is 1.41. The van der Waals surface area contributed by atoms with Crippen LogP contribution in [0.15, 0.2) is 24.3 Å². The summed E-state index contributed by atoms with van der Waals surface area (Å²) < 4.78 is 2.05. The average Bonchev–Trinajstić information content (AvgIpc) is 3.21. The normalized spacial score (nSPS) is 19.3. The summed E-state index contributed by atoms with van der Waals surface area (Å²) in [5.74, 6) is 1.94. The van der Waals surface area contributed by atoms with Gasteiger partial charge in [-0.05, 0) is 31.9 Å². The van der Waals surface area contributed by atoms with Crippen molar-refractivity contribution in [2.45, 2.75) is 45.2 Å². The molecule has 0 spiro atoms. The van der Waals surface area contributed by atoms with E-state index in [-0.39, 0.29) is 18.0 Å².